The zero-order valence-corrected chi connectivity index (χ0v) is 17.5. The molecule has 2 aromatic rings. The first-order valence-corrected chi connectivity index (χ1v) is 10.8. The van der Waals surface area contributed by atoms with E-state index in [9.17, 15) is 26.4 Å². The molecule has 1 aliphatic heterocycles. The Morgan fingerprint density at radius 1 is 1.00 bits per heavy atom. The highest BCUT2D eigenvalue weighted by molar-refractivity contribution is 7.89. The van der Waals surface area contributed by atoms with Crippen LogP contribution < -0.4 is 4.74 Å². The van der Waals surface area contributed by atoms with Crippen molar-refractivity contribution in [2.24, 2.45) is 0 Å². The Labute approximate surface area is 178 Å². The summed E-state index contributed by atoms with van der Waals surface area (Å²) in [6, 6.07) is 11.2. The minimum Gasteiger partial charge on any atom is -0.497 e. The number of alkyl halides is 3. The van der Waals surface area contributed by atoms with Gasteiger partial charge in [-0.2, -0.15) is 17.5 Å². The van der Waals surface area contributed by atoms with E-state index in [4.69, 9.17) is 4.74 Å². The molecule has 0 atom stereocenters. The van der Waals surface area contributed by atoms with Crippen LogP contribution in [0.4, 0.5) is 13.2 Å². The van der Waals surface area contributed by atoms with E-state index in [1.807, 2.05) is 0 Å². The maximum absolute atomic E-state index is 13.2. The summed E-state index contributed by atoms with van der Waals surface area (Å²) < 4.78 is 71.3. The third-order valence-electron chi connectivity index (χ3n) is 4.89. The SMILES string of the molecule is COc1ccc(/C=C/C(=O)N2CCN(S(=O)(=O)c3ccccc3C(F)(F)F)CC2)cc1. The van der Waals surface area contributed by atoms with Gasteiger partial charge in [0.05, 0.1) is 17.6 Å². The van der Waals surface area contributed by atoms with Crippen molar-refractivity contribution in [3.8, 4) is 5.75 Å². The van der Waals surface area contributed by atoms with E-state index in [0.29, 0.717) is 5.75 Å². The molecule has 166 valence electrons. The van der Waals surface area contributed by atoms with Crippen molar-refractivity contribution in [1.29, 1.82) is 0 Å². The van der Waals surface area contributed by atoms with Crippen LogP contribution in [0, 0.1) is 0 Å². The van der Waals surface area contributed by atoms with E-state index >= 15 is 0 Å². The Balaban J connectivity index is 1.66. The number of piperazine rings is 1. The third kappa shape index (κ3) is 5.26. The second-order valence-corrected chi connectivity index (χ2v) is 8.74. The lowest BCUT2D eigenvalue weighted by atomic mass is 10.2. The summed E-state index contributed by atoms with van der Waals surface area (Å²) >= 11 is 0. The van der Waals surface area contributed by atoms with Gasteiger partial charge >= 0.3 is 6.18 Å². The molecule has 0 radical (unpaired) electrons. The molecule has 0 bridgehead atoms. The lowest BCUT2D eigenvalue weighted by Gasteiger charge is -2.33. The molecule has 2 aromatic carbocycles. The fourth-order valence-electron chi connectivity index (χ4n) is 3.20. The highest BCUT2D eigenvalue weighted by Gasteiger charge is 2.39. The minimum absolute atomic E-state index is 0.0825. The first-order valence-electron chi connectivity index (χ1n) is 9.40. The molecule has 1 aliphatic rings. The number of ether oxygens (including phenoxy) is 1. The monoisotopic (exact) mass is 454 g/mol. The fourth-order valence-corrected chi connectivity index (χ4v) is 4.84. The van der Waals surface area contributed by atoms with E-state index in [0.717, 1.165) is 28.1 Å². The van der Waals surface area contributed by atoms with Crippen LogP contribution in [0.25, 0.3) is 6.08 Å². The fraction of sp³-hybridized carbons (Fsp3) is 0.286. The maximum Gasteiger partial charge on any atom is 0.417 e. The van der Waals surface area contributed by atoms with Crippen molar-refractivity contribution in [1.82, 2.24) is 9.21 Å². The number of nitrogens with zero attached hydrogens (tertiary/aromatic N) is 2. The molecule has 1 heterocycles. The van der Waals surface area contributed by atoms with Gasteiger partial charge in [-0.25, -0.2) is 8.42 Å². The number of benzene rings is 2. The summed E-state index contributed by atoms with van der Waals surface area (Å²) in [6.45, 7) is -0.00825. The van der Waals surface area contributed by atoms with Crippen LogP contribution in [0.2, 0.25) is 0 Å². The molecule has 1 saturated heterocycles. The summed E-state index contributed by atoms with van der Waals surface area (Å²) in [5.74, 6) is 0.386. The molecule has 0 spiro atoms. The van der Waals surface area contributed by atoms with Crippen LogP contribution >= 0.6 is 0 Å². The van der Waals surface area contributed by atoms with Gasteiger partial charge in [-0.3, -0.25) is 4.79 Å². The standard InChI is InChI=1S/C21H21F3N2O4S/c1-30-17-9-6-16(7-10-17)8-11-20(27)25-12-14-26(15-13-25)31(28,29)19-5-3-2-4-18(19)21(22,23)24/h2-11H,12-15H2,1H3/b11-8+. The number of amides is 1. The third-order valence-corrected chi connectivity index (χ3v) is 6.85. The molecule has 6 nitrogen and oxygen atoms in total. The zero-order valence-electron chi connectivity index (χ0n) is 16.7. The van der Waals surface area contributed by atoms with Crippen LogP contribution in [0.15, 0.2) is 59.5 Å². The highest BCUT2D eigenvalue weighted by Crippen LogP contribution is 2.35. The zero-order chi connectivity index (χ0) is 22.6. The second-order valence-electron chi connectivity index (χ2n) is 6.83. The number of halogens is 3. The molecule has 0 aromatic heterocycles. The number of methoxy groups -OCH3 is 1. The van der Waals surface area contributed by atoms with Crippen molar-refractivity contribution in [3.63, 3.8) is 0 Å². The Morgan fingerprint density at radius 2 is 1.61 bits per heavy atom. The van der Waals surface area contributed by atoms with E-state index in [2.05, 4.69) is 0 Å². The summed E-state index contributed by atoms with van der Waals surface area (Å²) in [6.07, 6.45) is -1.77. The van der Waals surface area contributed by atoms with E-state index in [1.165, 1.54) is 17.0 Å². The van der Waals surface area contributed by atoms with Crippen LogP contribution in [0.3, 0.4) is 0 Å². The number of carbonyl (C=O) groups is 1. The van der Waals surface area contributed by atoms with Crippen molar-refractivity contribution in [2.75, 3.05) is 33.3 Å². The average Bonchev–Trinajstić information content (AvgIpc) is 2.77. The van der Waals surface area contributed by atoms with E-state index in [1.54, 1.807) is 37.5 Å². The summed E-state index contributed by atoms with van der Waals surface area (Å²) in [5, 5.41) is 0. The van der Waals surface area contributed by atoms with Crippen LogP contribution in [-0.4, -0.2) is 56.8 Å². The van der Waals surface area contributed by atoms with Gasteiger partial charge in [0.1, 0.15) is 5.75 Å². The molecule has 31 heavy (non-hydrogen) atoms. The lowest BCUT2D eigenvalue weighted by molar-refractivity contribution is -0.139. The molecule has 0 saturated carbocycles. The number of sulfonamides is 1. The smallest absolute Gasteiger partial charge is 0.417 e. The topological polar surface area (TPSA) is 66.9 Å². The molecule has 0 N–H and O–H groups in total. The van der Waals surface area contributed by atoms with Gasteiger partial charge < -0.3 is 9.64 Å². The van der Waals surface area contributed by atoms with Crippen molar-refractivity contribution >= 4 is 22.0 Å². The van der Waals surface area contributed by atoms with Crippen LogP contribution in [0.1, 0.15) is 11.1 Å². The Bertz CT molecular complexity index is 1060. The van der Waals surface area contributed by atoms with Gasteiger partial charge in [0.15, 0.2) is 0 Å². The molecule has 1 fully saturated rings. The number of rotatable bonds is 5. The van der Waals surface area contributed by atoms with Gasteiger partial charge in [-0.05, 0) is 35.9 Å². The Hall–Kier alpha value is -2.85. The molecular formula is C21H21F3N2O4S. The first kappa shape index (κ1) is 22.8. The van der Waals surface area contributed by atoms with E-state index < -0.39 is 26.7 Å². The predicted molar refractivity (Wildman–Crippen MR) is 109 cm³/mol. The van der Waals surface area contributed by atoms with Gasteiger partial charge in [0.25, 0.3) is 0 Å². The largest absolute Gasteiger partial charge is 0.497 e. The molecule has 1 amide bonds. The van der Waals surface area contributed by atoms with Crippen molar-refractivity contribution in [3.05, 3.63) is 65.7 Å². The Kier molecular flexibility index (Phi) is 6.71. The van der Waals surface area contributed by atoms with Gasteiger partial charge in [-0.1, -0.05) is 24.3 Å². The van der Waals surface area contributed by atoms with Gasteiger partial charge in [0, 0.05) is 32.3 Å². The van der Waals surface area contributed by atoms with Crippen molar-refractivity contribution < 1.29 is 31.1 Å². The predicted octanol–water partition coefficient (Wildman–Crippen LogP) is 3.26. The van der Waals surface area contributed by atoms with Gasteiger partial charge in [-0.15, -0.1) is 0 Å². The molecule has 3 rings (SSSR count). The average molecular weight is 454 g/mol. The van der Waals surface area contributed by atoms with E-state index in [-0.39, 0.29) is 32.1 Å². The van der Waals surface area contributed by atoms with Crippen molar-refractivity contribution in [2.45, 2.75) is 11.1 Å². The molecular weight excluding hydrogens is 433 g/mol. The summed E-state index contributed by atoms with van der Waals surface area (Å²) in [4.78, 5) is 13.1. The summed E-state index contributed by atoms with van der Waals surface area (Å²) in [7, 11) is -2.79. The lowest BCUT2D eigenvalue weighted by Crippen LogP contribution is -2.50. The van der Waals surface area contributed by atoms with Crippen LogP contribution in [-0.2, 0) is 21.0 Å². The quantitative estimate of drug-likeness (QED) is 0.651. The number of hydrogen-bond donors (Lipinski definition) is 0. The normalized spacial score (nSPS) is 15.9. The number of hydrogen-bond acceptors (Lipinski definition) is 4. The molecule has 0 unspecified atom stereocenters. The molecule has 0 aliphatic carbocycles. The Morgan fingerprint density at radius 3 is 2.19 bits per heavy atom. The molecule has 10 heteroatoms. The minimum atomic E-state index is -4.78. The highest BCUT2D eigenvalue weighted by atomic mass is 32.2. The second kappa shape index (κ2) is 9.11. The van der Waals surface area contributed by atoms with Gasteiger partial charge in [0.2, 0.25) is 15.9 Å². The number of carbonyl (C=O) groups excluding carboxylic acids is 1. The summed E-state index contributed by atoms with van der Waals surface area (Å²) in [5.41, 5.74) is -0.407. The van der Waals surface area contributed by atoms with Crippen LogP contribution in [0.5, 0.6) is 5.75 Å². The first-order chi connectivity index (χ1) is 14.6. The maximum atomic E-state index is 13.2.